The van der Waals surface area contributed by atoms with Crippen molar-refractivity contribution >= 4 is 11.4 Å². The molecule has 1 heterocycles. The van der Waals surface area contributed by atoms with Gasteiger partial charge in [-0.15, -0.1) is 0 Å². The summed E-state index contributed by atoms with van der Waals surface area (Å²) in [6.45, 7) is 0. The van der Waals surface area contributed by atoms with Gasteiger partial charge in [-0.25, -0.2) is 0 Å². The Balaban J connectivity index is 2.35. The lowest BCUT2D eigenvalue weighted by molar-refractivity contribution is 0.220. The third kappa shape index (κ3) is 1.97. The molecule has 0 aliphatic carbocycles. The van der Waals surface area contributed by atoms with Gasteiger partial charge < -0.3 is 16.6 Å². The second-order valence-corrected chi connectivity index (χ2v) is 3.57. The Hall–Kier alpha value is -2.07. The third-order valence-electron chi connectivity index (χ3n) is 2.43. The van der Waals surface area contributed by atoms with E-state index in [4.69, 9.17) is 11.5 Å². The first-order chi connectivity index (χ1) is 7.68. The Morgan fingerprint density at radius 1 is 1.06 bits per heavy atom. The number of nitrogens with two attached hydrogens (primary N) is 2. The molecule has 5 N–H and O–H groups in total. The third-order valence-corrected chi connectivity index (χ3v) is 2.43. The molecule has 0 aliphatic heterocycles. The van der Waals surface area contributed by atoms with Crippen LogP contribution >= 0.6 is 0 Å². The van der Waals surface area contributed by atoms with Gasteiger partial charge in [0.15, 0.2) is 0 Å². The van der Waals surface area contributed by atoms with Gasteiger partial charge in [-0.3, -0.25) is 4.98 Å². The molecule has 0 amide bonds. The summed E-state index contributed by atoms with van der Waals surface area (Å²) in [6, 6.07) is 8.69. The highest BCUT2D eigenvalue weighted by Crippen LogP contribution is 2.25. The van der Waals surface area contributed by atoms with Crippen LogP contribution in [0.1, 0.15) is 17.2 Å². The SMILES string of the molecule is Nc1ccc(C(O)c2cnccc2N)cc1. The van der Waals surface area contributed by atoms with Gasteiger partial charge in [-0.05, 0) is 23.8 Å². The van der Waals surface area contributed by atoms with Crippen molar-refractivity contribution in [3.63, 3.8) is 0 Å². The number of aliphatic hydroxyl groups excluding tert-OH is 1. The van der Waals surface area contributed by atoms with Crippen LogP contribution in [0.25, 0.3) is 0 Å². The first kappa shape index (κ1) is 10.4. The minimum Gasteiger partial charge on any atom is -0.399 e. The predicted molar refractivity (Wildman–Crippen MR) is 63.6 cm³/mol. The van der Waals surface area contributed by atoms with Crippen LogP contribution in [-0.4, -0.2) is 10.1 Å². The van der Waals surface area contributed by atoms with E-state index in [1.165, 1.54) is 0 Å². The topological polar surface area (TPSA) is 85.2 Å². The van der Waals surface area contributed by atoms with Crippen molar-refractivity contribution in [2.24, 2.45) is 0 Å². The van der Waals surface area contributed by atoms with Crippen molar-refractivity contribution < 1.29 is 5.11 Å². The van der Waals surface area contributed by atoms with Gasteiger partial charge in [-0.2, -0.15) is 0 Å². The normalized spacial score (nSPS) is 12.3. The summed E-state index contributed by atoms with van der Waals surface area (Å²) in [6.07, 6.45) is 2.39. The standard InChI is InChI=1S/C12H13N3O/c13-9-3-1-8(2-4-9)12(16)10-7-15-6-5-11(10)14/h1-7,12,16H,13H2,(H2,14,15). The zero-order valence-corrected chi connectivity index (χ0v) is 8.67. The highest BCUT2D eigenvalue weighted by molar-refractivity contribution is 5.50. The van der Waals surface area contributed by atoms with Gasteiger partial charge in [0.2, 0.25) is 0 Å². The summed E-state index contributed by atoms with van der Waals surface area (Å²) >= 11 is 0. The fourth-order valence-corrected chi connectivity index (χ4v) is 1.50. The summed E-state index contributed by atoms with van der Waals surface area (Å²) in [4.78, 5) is 3.94. The number of nitrogens with zero attached hydrogens (tertiary/aromatic N) is 1. The number of anilines is 2. The molecule has 0 bridgehead atoms. The fraction of sp³-hybridized carbons (Fsp3) is 0.0833. The number of benzene rings is 1. The maximum atomic E-state index is 10.1. The van der Waals surface area contributed by atoms with Gasteiger partial charge >= 0.3 is 0 Å². The number of hydrogen-bond acceptors (Lipinski definition) is 4. The van der Waals surface area contributed by atoms with Crippen LogP contribution in [0.5, 0.6) is 0 Å². The Labute approximate surface area is 93.5 Å². The maximum Gasteiger partial charge on any atom is 0.108 e. The first-order valence-corrected chi connectivity index (χ1v) is 4.91. The molecule has 4 nitrogen and oxygen atoms in total. The van der Waals surface area contributed by atoms with Gasteiger partial charge in [-0.1, -0.05) is 12.1 Å². The van der Waals surface area contributed by atoms with Crippen LogP contribution in [-0.2, 0) is 0 Å². The molecule has 0 saturated carbocycles. The quantitative estimate of drug-likeness (QED) is 0.660. The molecule has 1 unspecified atom stereocenters. The van der Waals surface area contributed by atoms with Crippen molar-refractivity contribution in [1.29, 1.82) is 0 Å². The van der Waals surface area contributed by atoms with Crippen molar-refractivity contribution in [1.82, 2.24) is 4.98 Å². The number of pyridine rings is 1. The minimum atomic E-state index is -0.769. The van der Waals surface area contributed by atoms with Crippen LogP contribution in [0.3, 0.4) is 0 Å². The van der Waals surface area contributed by atoms with E-state index >= 15 is 0 Å². The molecule has 0 fully saturated rings. The molecule has 16 heavy (non-hydrogen) atoms. The lowest BCUT2D eigenvalue weighted by Gasteiger charge is -2.13. The molecule has 0 saturated heterocycles. The highest BCUT2D eigenvalue weighted by atomic mass is 16.3. The molecule has 1 atom stereocenters. The summed E-state index contributed by atoms with van der Waals surface area (Å²) in [7, 11) is 0. The summed E-state index contributed by atoms with van der Waals surface area (Å²) in [5, 5.41) is 10.1. The van der Waals surface area contributed by atoms with Gasteiger partial charge in [0, 0.05) is 29.3 Å². The summed E-state index contributed by atoms with van der Waals surface area (Å²) in [5.74, 6) is 0. The lowest BCUT2D eigenvalue weighted by Crippen LogP contribution is -2.04. The summed E-state index contributed by atoms with van der Waals surface area (Å²) in [5.41, 5.74) is 13.9. The van der Waals surface area contributed by atoms with Crippen LogP contribution < -0.4 is 11.5 Å². The van der Waals surface area contributed by atoms with Gasteiger partial charge in [0.1, 0.15) is 6.10 Å². The Kier molecular flexibility index (Phi) is 2.74. The van der Waals surface area contributed by atoms with E-state index in [0.29, 0.717) is 16.9 Å². The molecule has 0 radical (unpaired) electrons. The van der Waals surface area contributed by atoms with Crippen molar-refractivity contribution in [2.45, 2.75) is 6.10 Å². The Morgan fingerprint density at radius 3 is 2.38 bits per heavy atom. The van der Waals surface area contributed by atoms with Crippen molar-refractivity contribution in [2.75, 3.05) is 11.5 Å². The maximum absolute atomic E-state index is 10.1. The second kappa shape index (κ2) is 4.20. The monoisotopic (exact) mass is 215 g/mol. The molecule has 1 aromatic carbocycles. The number of aromatic nitrogens is 1. The van der Waals surface area contributed by atoms with E-state index in [9.17, 15) is 5.11 Å². The molecular formula is C12H13N3O. The molecular weight excluding hydrogens is 202 g/mol. The zero-order chi connectivity index (χ0) is 11.5. The van der Waals surface area contributed by atoms with E-state index < -0.39 is 6.10 Å². The first-order valence-electron chi connectivity index (χ1n) is 4.91. The number of rotatable bonds is 2. The number of aliphatic hydroxyl groups is 1. The van der Waals surface area contributed by atoms with E-state index in [1.807, 2.05) is 0 Å². The van der Waals surface area contributed by atoms with Crippen LogP contribution in [0, 0.1) is 0 Å². The van der Waals surface area contributed by atoms with E-state index in [-0.39, 0.29) is 0 Å². The second-order valence-electron chi connectivity index (χ2n) is 3.57. The largest absolute Gasteiger partial charge is 0.399 e. The van der Waals surface area contributed by atoms with Crippen LogP contribution in [0.15, 0.2) is 42.7 Å². The minimum absolute atomic E-state index is 0.527. The summed E-state index contributed by atoms with van der Waals surface area (Å²) < 4.78 is 0. The molecule has 1 aromatic heterocycles. The van der Waals surface area contributed by atoms with Gasteiger partial charge in [0.05, 0.1) is 0 Å². The highest BCUT2D eigenvalue weighted by Gasteiger charge is 2.12. The average molecular weight is 215 g/mol. The average Bonchev–Trinajstić information content (AvgIpc) is 2.30. The van der Waals surface area contributed by atoms with Crippen LogP contribution in [0.2, 0.25) is 0 Å². The smallest absolute Gasteiger partial charge is 0.108 e. The zero-order valence-electron chi connectivity index (χ0n) is 8.67. The Bertz CT molecular complexity index is 482. The van der Waals surface area contributed by atoms with Gasteiger partial charge in [0.25, 0.3) is 0 Å². The molecule has 4 heteroatoms. The van der Waals surface area contributed by atoms with E-state index in [1.54, 1.807) is 42.7 Å². The molecule has 0 spiro atoms. The predicted octanol–water partition coefficient (Wildman–Crippen LogP) is 1.33. The van der Waals surface area contributed by atoms with E-state index in [0.717, 1.165) is 5.56 Å². The van der Waals surface area contributed by atoms with E-state index in [2.05, 4.69) is 4.98 Å². The molecule has 82 valence electrons. The number of nitrogen functional groups attached to an aromatic ring is 2. The van der Waals surface area contributed by atoms with Crippen LogP contribution in [0.4, 0.5) is 11.4 Å². The molecule has 0 aliphatic rings. The Morgan fingerprint density at radius 2 is 1.75 bits per heavy atom. The van der Waals surface area contributed by atoms with Crippen molar-refractivity contribution in [3.05, 3.63) is 53.9 Å². The molecule has 2 rings (SSSR count). The lowest BCUT2D eigenvalue weighted by atomic mass is 10.0. The molecule has 2 aromatic rings. The number of hydrogen-bond donors (Lipinski definition) is 3. The van der Waals surface area contributed by atoms with Crippen molar-refractivity contribution in [3.8, 4) is 0 Å². The fourth-order valence-electron chi connectivity index (χ4n) is 1.50.